The van der Waals surface area contributed by atoms with Gasteiger partial charge in [0, 0.05) is 12.1 Å². The molecule has 1 aromatic carbocycles. The monoisotopic (exact) mass is 280 g/mol. The molecule has 2 aromatic rings. The summed E-state index contributed by atoms with van der Waals surface area (Å²) in [6.45, 7) is 0.427. The van der Waals surface area contributed by atoms with Crippen LogP contribution in [-0.2, 0) is 0 Å². The van der Waals surface area contributed by atoms with Crippen LogP contribution in [0.15, 0.2) is 18.2 Å². The fourth-order valence-corrected chi connectivity index (χ4v) is 2.29. The number of hydrogen-bond acceptors (Lipinski definition) is 4. The van der Waals surface area contributed by atoms with E-state index in [1.54, 1.807) is 0 Å². The number of anilines is 1. The second kappa shape index (κ2) is 4.55. The lowest BCUT2D eigenvalue weighted by atomic mass is 10.0. The van der Waals surface area contributed by atoms with Gasteiger partial charge in [-0.05, 0) is 18.6 Å². The minimum Gasteiger partial charge on any atom is -0.475 e. The second-order valence-corrected chi connectivity index (χ2v) is 4.38. The summed E-state index contributed by atoms with van der Waals surface area (Å²) < 4.78 is 28.9. The molecule has 1 atom stereocenters. The predicted octanol–water partition coefficient (Wildman–Crippen LogP) is 1.66. The minimum absolute atomic E-state index is 0.128. The van der Waals surface area contributed by atoms with Crippen molar-refractivity contribution in [3.05, 3.63) is 41.2 Å². The summed E-state index contributed by atoms with van der Waals surface area (Å²) in [5, 5.41) is 15.5. The van der Waals surface area contributed by atoms with Crippen LogP contribution in [0.2, 0.25) is 0 Å². The molecule has 0 aliphatic carbocycles. The average Bonchev–Trinajstić information content (AvgIpc) is 2.83. The van der Waals surface area contributed by atoms with Crippen molar-refractivity contribution in [1.29, 1.82) is 0 Å². The number of halogens is 2. The summed E-state index contributed by atoms with van der Waals surface area (Å²) >= 11 is 0. The Kier molecular flexibility index (Phi) is 2.85. The number of fused-ring (bicyclic) bond motifs is 1. The first-order valence-corrected chi connectivity index (χ1v) is 5.95. The van der Waals surface area contributed by atoms with E-state index in [4.69, 9.17) is 5.11 Å². The van der Waals surface area contributed by atoms with Gasteiger partial charge in [-0.2, -0.15) is 4.98 Å². The molecule has 0 saturated heterocycles. The van der Waals surface area contributed by atoms with Gasteiger partial charge in [-0.1, -0.05) is 6.07 Å². The quantitative estimate of drug-likeness (QED) is 0.874. The molecule has 0 amide bonds. The Hall–Kier alpha value is -2.51. The highest BCUT2D eigenvalue weighted by atomic mass is 19.1. The topological polar surface area (TPSA) is 80.0 Å². The highest BCUT2D eigenvalue weighted by Gasteiger charge is 2.30. The van der Waals surface area contributed by atoms with Gasteiger partial charge in [-0.15, -0.1) is 5.10 Å². The summed E-state index contributed by atoms with van der Waals surface area (Å²) in [5.41, 5.74) is -0.128. The van der Waals surface area contributed by atoms with Crippen LogP contribution in [0.3, 0.4) is 0 Å². The lowest BCUT2D eigenvalue weighted by Gasteiger charge is -2.25. The first-order valence-electron chi connectivity index (χ1n) is 5.95. The van der Waals surface area contributed by atoms with E-state index in [1.165, 1.54) is 10.7 Å². The molecule has 0 bridgehead atoms. The number of hydrogen-bond donors (Lipinski definition) is 2. The molecule has 0 radical (unpaired) electrons. The molecule has 1 unspecified atom stereocenters. The second-order valence-electron chi connectivity index (χ2n) is 4.38. The average molecular weight is 280 g/mol. The number of carboxylic acid groups (broad SMARTS) is 1. The van der Waals surface area contributed by atoms with Crippen molar-refractivity contribution in [2.24, 2.45) is 0 Å². The van der Waals surface area contributed by atoms with Crippen molar-refractivity contribution < 1.29 is 18.7 Å². The highest BCUT2D eigenvalue weighted by molar-refractivity contribution is 5.83. The molecule has 3 rings (SSSR count). The molecule has 1 aromatic heterocycles. The predicted molar refractivity (Wildman–Crippen MR) is 64.6 cm³/mol. The number of benzene rings is 1. The fraction of sp³-hybridized carbons (Fsp3) is 0.250. The summed E-state index contributed by atoms with van der Waals surface area (Å²) in [4.78, 5) is 14.7. The van der Waals surface area contributed by atoms with E-state index >= 15 is 0 Å². The number of nitrogens with one attached hydrogen (secondary N) is 1. The smallest absolute Gasteiger partial charge is 0.375 e. The summed E-state index contributed by atoms with van der Waals surface area (Å²) in [6, 6.07) is 2.89. The largest absolute Gasteiger partial charge is 0.475 e. The van der Waals surface area contributed by atoms with Crippen molar-refractivity contribution in [2.75, 3.05) is 11.9 Å². The third-order valence-electron chi connectivity index (χ3n) is 3.15. The lowest BCUT2D eigenvalue weighted by Crippen LogP contribution is -2.26. The number of aromatic carboxylic acids is 1. The Bertz CT molecular complexity index is 666. The van der Waals surface area contributed by atoms with E-state index in [2.05, 4.69) is 15.4 Å². The number of aromatic nitrogens is 3. The Morgan fingerprint density at radius 2 is 2.10 bits per heavy atom. The molecule has 0 spiro atoms. The van der Waals surface area contributed by atoms with Crippen LogP contribution in [0.5, 0.6) is 0 Å². The summed E-state index contributed by atoms with van der Waals surface area (Å²) in [5.74, 6) is -2.87. The van der Waals surface area contributed by atoms with Crippen molar-refractivity contribution in [1.82, 2.24) is 14.8 Å². The molecular weight excluding hydrogens is 270 g/mol. The van der Waals surface area contributed by atoms with Gasteiger partial charge < -0.3 is 10.4 Å². The van der Waals surface area contributed by atoms with Crippen LogP contribution in [-0.4, -0.2) is 32.4 Å². The Balaban J connectivity index is 2.12. The van der Waals surface area contributed by atoms with Gasteiger partial charge in [0.25, 0.3) is 5.82 Å². The molecular formula is C12H10F2N4O2. The number of nitrogens with zero attached hydrogens (tertiary/aromatic N) is 3. The number of carbonyl (C=O) groups is 1. The minimum atomic E-state index is -1.29. The SMILES string of the molecule is O=C(O)c1nc2n(n1)C(c1c(F)cccc1F)CCN2. The molecule has 0 saturated carbocycles. The van der Waals surface area contributed by atoms with Crippen LogP contribution in [0.4, 0.5) is 14.7 Å². The van der Waals surface area contributed by atoms with Crippen LogP contribution in [0.25, 0.3) is 0 Å². The first-order chi connectivity index (χ1) is 9.58. The Morgan fingerprint density at radius 3 is 2.75 bits per heavy atom. The zero-order chi connectivity index (χ0) is 14.3. The van der Waals surface area contributed by atoms with E-state index in [-0.39, 0.29) is 11.5 Å². The molecule has 2 N–H and O–H groups in total. The van der Waals surface area contributed by atoms with E-state index in [0.717, 1.165) is 12.1 Å². The number of carboxylic acids is 1. The Labute approximate surface area is 112 Å². The molecule has 104 valence electrons. The number of rotatable bonds is 2. The van der Waals surface area contributed by atoms with Crippen molar-refractivity contribution in [2.45, 2.75) is 12.5 Å². The van der Waals surface area contributed by atoms with Gasteiger partial charge in [0.1, 0.15) is 11.6 Å². The van der Waals surface area contributed by atoms with Gasteiger partial charge in [-0.3, -0.25) is 0 Å². The molecule has 2 heterocycles. The standard InChI is InChI=1S/C12H10F2N4O2/c13-6-2-1-3-7(14)9(6)8-4-5-15-12-16-10(11(19)20)17-18(8)12/h1-3,8H,4-5H2,(H,19,20)(H,15,16,17). The molecule has 6 nitrogen and oxygen atoms in total. The molecule has 1 aliphatic heterocycles. The molecule has 8 heteroatoms. The van der Waals surface area contributed by atoms with E-state index in [9.17, 15) is 13.6 Å². The molecule has 1 aliphatic rings. The van der Waals surface area contributed by atoms with E-state index < -0.39 is 29.5 Å². The van der Waals surface area contributed by atoms with Crippen molar-refractivity contribution >= 4 is 11.9 Å². The zero-order valence-corrected chi connectivity index (χ0v) is 10.2. The van der Waals surface area contributed by atoms with Gasteiger partial charge >= 0.3 is 5.97 Å². The van der Waals surface area contributed by atoms with Crippen LogP contribution >= 0.6 is 0 Å². The van der Waals surface area contributed by atoms with Crippen molar-refractivity contribution in [3.63, 3.8) is 0 Å². The molecule has 20 heavy (non-hydrogen) atoms. The van der Waals surface area contributed by atoms with Crippen LogP contribution in [0.1, 0.15) is 28.6 Å². The fourth-order valence-electron chi connectivity index (χ4n) is 2.29. The molecule has 0 fully saturated rings. The summed E-state index contributed by atoms with van der Waals surface area (Å²) in [6.07, 6.45) is 0.382. The zero-order valence-electron chi connectivity index (χ0n) is 10.2. The maximum Gasteiger partial charge on any atom is 0.375 e. The van der Waals surface area contributed by atoms with Gasteiger partial charge in [0.05, 0.1) is 6.04 Å². The Morgan fingerprint density at radius 1 is 1.40 bits per heavy atom. The van der Waals surface area contributed by atoms with Gasteiger partial charge in [-0.25, -0.2) is 18.3 Å². The third-order valence-corrected chi connectivity index (χ3v) is 3.15. The normalized spacial score (nSPS) is 17.4. The van der Waals surface area contributed by atoms with Gasteiger partial charge in [0.15, 0.2) is 0 Å². The van der Waals surface area contributed by atoms with Crippen LogP contribution < -0.4 is 5.32 Å². The highest BCUT2D eigenvalue weighted by Crippen LogP contribution is 2.31. The summed E-state index contributed by atoms with van der Waals surface area (Å²) in [7, 11) is 0. The van der Waals surface area contributed by atoms with Crippen LogP contribution in [0, 0.1) is 11.6 Å². The maximum atomic E-state index is 13.9. The van der Waals surface area contributed by atoms with E-state index in [0.29, 0.717) is 13.0 Å². The van der Waals surface area contributed by atoms with E-state index in [1.807, 2.05) is 0 Å². The first kappa shape index (κ1) is 12.5. The lowest BCUT2D eigenvalue weighted by molar-refractivity contribution is 0.0683. The van der Waals surface area contributed by atoms with Crippen molar-refractivity contribution in [3.8, 4) is 0 Å². The maximum absolute atomic E-state index is 13.9. The van der Waals surface area contributed by atoms with Gasteiger partial charge in [0.2, 0.25) is 5.95 Å². The third kappa shape index (κ3) is 1.89.